The molecule has 2 aromatic rings. The number of carbonyl (C=O) groups is 1. The van der Waals surface area contributed by atoms with Crippen molar-refractivity contribution < 1.29 is 4.79 Å². The fourth-order valence-corrected chi connectivity index (χ4v) is 7.92. The summed E-state index contributed by atoms with van der Waals surface area (Å²) in [5.74, 6) is 0.147. The van der Waals surface area contributed by atoms with Gasteiger partial charge in [-0.25, -0.2) is 0 Å². The quantitative estimate of drug-likeness (QED) is 0.0500. The molecule has 0 aliphatic rings. The summed E-state index contributed by atoms with van der Waals surface area (Å²) in [7, 11) is 0. The van der Waals surface area contributed by atoms with Crippen LogP contribution < -0.4 is 0 Å². The van der Waals surface area contributed by atoms with E-state index < -0.39 is 0 Å². The predicted molar refractivity (Wildman–Crippen MR) is 232 cm³/mol. The molecule has 0 saturated carbocycles. The van der Waals surface area contributed by atoms with Crippen LogP contribution in [-0.4, -0.2) is 5.78 Å². The summed E-state index contributed by atoms with van der Waals surface area (Å²) < 4.78 is 0. The van der Waals surface area contributed by atoms with Crippen molar-refractivity contribution in [3.8, 4) is 0 Å². The molecule has 0 amide bonds. The number of hydrogen-bond donors (Lipinski definition) is 0. The second-order valence-electron chi connectivity index (χ2n) is 16.5. The van der Waals surface area contributed by atoms with Crippen LogP contribution in [0.15, 0.2) is 48.5 Å². The van der Waals surface area contributed by atoms with Gasteiger partial charge in [-0.1, -0.05) is 268 Å². The summed E-state index contributed by atoms with van der Waals surface area (Å²) in [6.07, 6.45) is 50.3. The molecule has 1 heteroatoms. The molecule has 0 bridgehead atoms. The lowest BCUT2D eigenvalue weighted by Gasteiger charge is -2.07. The van der Waals surface area contributed by atoms with Crippen molar-refractivity contribution in [2.75, 3.05) is 0 Å². The molecule has 2 aromatic carbocycles. The summed E-state index contributed by atoms with van der Waals surface area (Å²) >= 11 is 0. The van der Waals surface area contributed by atoms with Crippen LogP contribution in [0.5, 0.6) is 0 Å². The Morgan fingerprint density at radius 1 is 0.288 bits per heavy atom. The predicted octanol–water partition coefficient (Wildman–Crippen LogP) is 17.3. The molecule has 0 heterocycles. The van der Waals surface area contributed by atoms with Crippen LogP contribution in [-0.2, 0) is 12.8 Å². The molecule has 0 spiro atoms. The lowest BCUT2D eigenvalue weighted by molar-refractivity contribution is 0.103. The minimum absolute atomic E-state index is 0.147. The topological polar surface area (TPSA) is 17.1 Å². The van der Waals surface area contributed by atoms with E-state index in [1.54, 1.807) is 0 Å². The number of carbonyl (C=O) groups excluding carboxylic acids is 1. The highest BCUT2D eigenvalue weighted by Crippen LogP contribution is 2.19. The van der Waals surface area contributed by atoms with Gasteiger partial charge in [0.05, 0.1) is 0 Å². The van der Waals surface area contributed by atoms with E-state index in [1.807, 2.05) is 24.3 Å². The van der Waals surface area contributed by atoms with Gasteiger partial charge in [0.2, 0.25) is 0 Å². The van der Waals surface area contributed by atoms with Crippen LogP contribution in [0.25, 0.3) is 0 Å². The second kappa shape index (κ2) is 34.9. The highest BCUT2D eigenvalue weighted by atomic mass is 16.1. The Kier molecular flexibility index (Phi) is 31.0. The molecule has 1 nitrogen and oxygen atoms in total. The first kappa shape index (κ1) is 46.3. The Hall–Kier alpha value is -1.89. The van der Waals surface area contributed by atoms with Crippen molar-refractivity contribution in [1.82, 2.24) is 0 Å². The fraction of sp³-hybridized carbons (Fsp3) is 0.745. The summed E-state index contributed by atoms with van der Waals surface area (Å²) in [6.45, 7) is 4.60. The van der Waals surface area contributed by atoms with E-state index >= 15 is 0 Å². The molecule has 296 valence electrons. The summed E-state index contributed by atoms with van der Waals surface area (Å²) in [6, 6.07) is 16.8. The van der Waals surface area contributed by atoms with E-state index in [-0.39, 0.29) is 5.78 Å². The standard InChI is InChI=1S/C51H86O/c1-3-5-7-9-11-13-15-17-19-21-23-25-27-29-31-33-35-37-47-39-43-49(44-40-47)51(52)50-45-41-48(42-46-50)38-36-34-32-30-28-26-24-22-20-18-16-14-12-10-8-6-4-2/h39-46H,3-38H2,1-2H3. The number of unbranched alkanes of at least 4 members (excludes halogenated alkanes) is 32. The first-order valence-electron chi connectivity index (χ1n) is 23.5. The van der Waals surface area contributed by atoms with Gasteiger partial charge in [-0.05, 0) is 36.8 Å². The average Bonchev–Trinajstić information content (AvgIpc) is 3.17. The molecule has 0 aromatic heterocycles. The molecule has 0 N–H and O–H groups in total. The molecule has 0 fully saturated rings. The van der Waals surface area contributed by atoms with Crippen LogP contribution in [0.3, 0.4) is 0 Å². The van der Waals surface area contributed by atoms with Crippen LogP contribution in [0.4, 0.5) is 0 Å². The van der Waals surface area contributed by atoms with E-state index in [4.69, 9.17) is 0 Å². The zero-order valence-corrected chi connectivity index (χ0v) is 35.0. The van der Waals surface area contributed by atoms with Crippen LogP contribution in [0.2, 0.25) is 0 Å². The molecule has 0 aliphatic carbocycles. The SMILES string of the molecule is CCCCCCCCCCCCCCCCCCCc1ccc(C(=O)c2ccc(CCCCCCCCCCCCCCCCCCC)cc2)cc1. The number of benzene rings is 2. The van der Waals surface area contributed by atoms with Crippen molar-refractivity contribution in [2.45, 2.75) is 245 Å². The molecule has 0 unspecified atom stereocenters. The van der Waals surface area contributed by atoms with E-state index in [1.165, 1.54) is 229 Å². The maximum absolute atomic E-state index is 13.1. The highest BCUT2D eigenvalue weighted by molar-refractivity contribution is 6.09. The van der Waals surface area contributed by atoms with Gasteiger partial charge in [0, 0.05) is 11.1 Å². The van der Waals surface area contributed by atoms with Crippen LogP contribution in [0.1, 0.15) is 259 Å². The third-order valence-corrected chi connectivity index (χ3v) is 11.6. The van der Waals surface area contributed by atoms with Gasteiger partial charge in [-0.3, -0.25) is 4.79 Å². The molecular weight excluding hydrogens is 629 g/mol. The molecule has 2 rings (SSSR count). The second-order valence-corrected chi connectivity index (χ2v) is 16.5. The normalized spacial score (nSPS) is 11.4. The van der Waals surface area contributed by atoms with Crippen molar-refractivity contribution in [3.05, 3.63) is 70.8 Å². The van der Waals surface area contributed by atoms with Gasteiger partial charge in [-0.2, -0.15) is 0 Å². The van der Waals surface area contributed by atoms with E-state index in [2.05, 4.69) is 38.1 Å². The Labute approximate surface area is 325 Å². The highest BCUT2D eigenvalue weighted by Gasteiger charge is 2.09. The first-order valence-corrected chi connectivity index (χ1v) is 23.5. The molecular formula is C51H86O. The van der Waals surface area contributed by atoms with Gasteiger partial charge in [-0.15, -0.1) is 0 Å². The lowest BCUT2D eigenvalue weighted by atomic mass is 9.98. The average molecular weight is 715 g/mol. The maximum atomic E-state index is 13.1. The van der Waals surface area contributed by atoms with Crippen molar-refractivity contribution in [2.24, 2.45) is 0 Å². The van der Waals surface area contributed by atoms with Gasteiger partial charge in [0.25, 0.3) is 0 Å². The Morgan fingerprint density at radius 2 is 0.481 bits per heavy atom. The lowest BCUT2D eigenvalue weighted by Crippen LogP contribution is -2.02. The van der Waals surface area contributed by atoms with Crippen molar-refractivity contribution >= 4 is 5.78 Å². The monoisotopic (exact) mass is 715 g/mol. The minimum Gasteiger partial charge on any atom is -0.289 e. The Bertz CT molecular complexity index is 950. The number of rotatable bonds is 38. The van der Waals surface area contributed by atoms with Crippen LogP contribution >= 0.6 is 0 Å². The Balaban J connectivity index is 1.41. The third-order valence-electron chi connectivity index (χ3n) is 11.6. The van der Waals surface area contributed by atoms with Gasteiger partial charge < -0.3 is 0 Å². The molecule has 0 atom stereocenters. The molecule has 0 saturated heterocycles. The van der Waals surface area contributed by atoms with Crippen LogP contribution in [0, 0.1) is 0 Å². The van der Waals surface area contributed by atoms with Crippen molar-refractivity contribution in [1.29, 1.82) is 0 Å². The van der Waals surface area contributed by atoms with Gasteiger partial charge >= 0.3 is 0 Å². The zero-order valence-electron chi connectivity index (χ0n) is 35.0. The molecule has 0 aliphatic heterocycles. The van der Waals surface area contributed by atoms with Crippen molar-refractivity contribution in [3.63, 3.8) is 0 Å². The summed E-state index contributed by atoms with van der Waals surface area (Å²) in [5, 5.41) is 0. The smallest absolute Gasteiger partial charge is 0.193 e. The van der Waals surface area contributed by atoms with E-state index in [0.29, 0.717) is 0 Å². The number of aryl methyl sites for hydroxylation is 2. The zero-order chi connectivity index (χ0) is 37.0. The molecule has 0 radical (unpaired) electrons. The fourth-order valence-electron chi connectivity index (χ4n) is 7.92. The number of ketones is 1. The van der Waals surface area contributed by atoms with Gasteiger partial charge in [0.1, 0.15) is 0 Å². The largest absolute Gasteiger partial charge is 0.289 e. The Morgan fingerprint density at radius 3 is 0.692 bits per heavy atom. The number of hydrogen-bond acceptors (Lipinski definition) is 1. The van der Waals surface area contributed by atoms with E-state index in [0.717, 1.165) is 24.0 Å². The molecule has 52 heavy (non-hydrogen) atoms. The summed E-state index contributed by atoms with van der Waals surface area (Å²) in [4.78, 5) is 13.1. The van der Waals surface area contributed by atoms with E-state index in [9.17, 15) is 4.79 Å². The summed E-state index contributed by atoms with van der Waals surface area (Å²) in [5.41, 5.74) is 4.35. The minimum atomic E-state index is 0.147. The maximum Gasteiger partial charge on any atom is 0.193 e. The van der Waals surface area contributed by atoms with Gasteiger partial charge in [0.15, 0.2) is 5.78 Å². The third kappa shape index (κ3) is 26.0. The first-order chi connectivity index (χ1) is 25.7.